The predicted octanol–water partition coefficient (Wildman–Crippen LogP) is 3.99. The zero-order chi connectivity index (χ0) is 32.4. The molecular weight excluding hydrogens is 592 g/mol. The number of nitrogens with zero attached hydrogens (tertiary/aromatic N) is 4. The molecule has 1 aromatic heterocycles. The van der Waals surface area contributed by atoms with Crippen LogP contribution in [0, 0.1) is 5.92 Å². The number of anilines is 1. The van der Waals surface area contributed by atoms with Gasteiger partial charge in [0.15, 0.2) is 13.9 Å². The number of methoxy groups -OCH3 is 2. The average Bonchev–Trinajstić information content (AvgIpc) is 3.68. The first kappa shape index (κ1) is 32.8. The summed E-state index contributed by atoms with van der Waals surface area (Å²) in [5.41, 5.74) is 1.62. The molecule has 2 aliphatic heterocycles. The van der Waals surface area contributed by atoms with Crippen LogP contribution in [0.15, 0.2) is 54.7 Å². The Bertz CT molecular complexity index is 1490. The van der Waals surface area contributed by atoms with E-state index < -0.39 is 20.0 Å². The Morgan fingerprint density at radius 1 is 1.13 bits per heavy atom. The molecule has 242 valence electrons. The predicted molar refractivity (Wildman–Crippen MR) is 170 cm³/mol. The molecule has 2 aliphatic rings. The van der Waals surface area contributed by atoms with Crippen LogP contribution in [0.2, 0.25) is 18.6 Å². The maximum absolute atomic E-state index is 14.5. The van der Waals surface area contributed by atoms with Crippen molar-refractivity contribution in [2.24, 2.45) is 5.92 Å². The van der Waals surface area contributed by atoms with Crippen LogP contribution < -0.4 is 9.64 Å². The van der Waals surface area contributed by atoms with Gasteiger partial charge < -0.3 is 29.0 Å². The summed E-state index contributed by atoms with van der Waals surface area (Å²) in [6.07, 6.45) is 3.44. The van der Waals surface area contributed by atoms with Gasteiger partial charge in [-0.3, -0.25) is 14.3 Å². The summed E-state index contributed by atoms with van der Waals surface area (Å²) in [5.74, 6) is -0.403. The molecule has 1 amide bonds. The summed E-state index contributed by atoms with van der Waals surface area (Å²) in [5, 5.41) is 18.8. The van der Waals surface area contributed by atoms with E-state index in [1.54, 1.807) is 16.7 Å². The van der Waals surface area contributed by atoms with Crippen molar-refractivity contribution in [3.63, 3.8) is 0 Å². The van der Waals surface area contributed by atoms with Crippen LogP contribution >= 0.6 is 0 Å². The fourth-order valence-corrected chi connectivity index (χ4v) is 9.82. The maximum atomic E-state index is 14.5. The third kappa shape index (κ3) is 6.29. The van der Waals surface area contributed by atoms with Crippen LogP contribution in [0.25, 0.3) is 0 Å². The molecule has 0 radical (unpaired) electrons. The smallest absolute Gasteiger partial charge is 0.305 e. The summed E-state index contributed by atoms with van der Waals surface area (Å²) < 4.78 is 19.0. The number of unbranched alkanes of at least 4 members (excludes halogenated alkanes) is 1. The Morgan fingerprint density at radius 2 is 1.89 bits per heavy atom. The van der Waals surface area contributed by atoms with E-state index in [0.29, 0.717) is 43.8 Å². The van der Waals surface area contributed by atoms with Gasteiger partial charge in [-0.15, -0.1) is 5.10 Å². The zero-order valence-corrected chi connectivity index (χ0v) is 27.7. The molecule has 0 saturated carbocycles. The van der Waals surface area contributed by atoms with E-state index in [2.05, 4.69) is 10.3 Å². The zero-order valence-electron chi connectivity index (χ0n) is 26.7. The third-order valence-corrected chi connectivity index (χ3v) is 11.9. The third-order valence-electron chi connectivity index (χ3n) is 9.37. The fourth-order valence-electron chi connectivity index (χ4n) is 7.21. The minimum absolute atomic E-state index is 0.0922. The van der Waals surface area contributed by atoms with Crippen molar-refractivity contribution in [1.29, 1.82) is 0 Å². The van der Waals surface area contributed by atoms with Gasteiger partial charge in [0.25, 0.3) is 5.91 Å². The molecule has 3 aromatic rings. The van der Waals surface area contributed by atoms with Crippen molar-refractivity contribution in [2.75, 3.05) is 32.3 Å². The highest BCUT2D eigenvalue weighted by atomic mass is 28.4. The summed E-state index contributed by atoms with van der Waals surface area (Å²) in [4.78, 5) is 39.5. The van der Waals surface area contributed by atoms with Crippen molar-refractivity contribution in [1.82, 2.24) is 15.0 Å². The number of carbonyl (C=O) groups is 2. The minimum Gasteiger partial charge on any atom is -0.497 e. The number of aliphatic hydroxyl groups is 1. The molecule has 1 saturated heterocycles. The topological polar surface area (TPSA) is 136 Å². The molecular formula is C33H44N4O7Si. The molecule has 12 heteroatoms. The second-order valence-corrected chi connectivity index (χ2v) is 16.5. The number of fused-ring (bicyclic) bond motifs is 2. The Kier molecular flexibility index (Phi) is 9.78. The van der Waals surface area contributed by atoms with Crippen LogP contribution in [-0.2, 0) is 31.2 Å². The lowest BCUT2D eigenvalue weighted by atomic mass is 9.82. The molecule has 0 bridgehead atoms. The van der Waals surface area contributed by atoms with E-state index in [4.69, 9.17) is 14.2 Å². The van der Waals surface area contributed by atoms with Gasteiger partial charge in [0.2, 0.25) is 0 Å². The van der Waals surface area contributed by atoms with Crippen molar-refractivity contribution in [3.05, 3.63) is 71.5 Å². The normalized spacial score (nSPS) is 23.4. The van der Waals surface area contributed by atoms with Gasteiger partial charge in [-0.2, -0.15) is 0 Å². The standard InChI is InChI=1S/C33H44N4O7Si/c1-22-31(45(4,5)41)29(16-18-36-20-27(34-35-36)25(21-38)23-11-7-6-8-12-23)44-33(22)26-19-24(42-2)14-15-28(26)37(32(33)40)17-10-9-13-30(39)43-3/h6-8,11-12,14-15,19-20,22,25,29,31,38,41H,9-10,13,16-18,21H2,1-5H3/t22-,25?,29+,31-,33+/m0/s1. The Hall–Kier alpha value is -3.58. The van der Waals surface area contributed by atoms with Crippen molar-refractivity contribution < 1.29 is 33.7 Å². The van der Waals surface area contributed by atoms with E-state index in [0.717, 1.165) is 16.8 Å². The van der Waals surface area contributed by atoms with E-state index in [9.17, 15) is 19.5 Å². The first-order valence-corrected chi connectivity index (χ1v) is 18.6. The lowest BCUT2D eigenvalue weighted by Gasteiger charge is -2.32. The number of rotatable bonds is 13. The number of benzene rings is 2. The molecule has 2 aromatic carbocycles. The van der Waals surface area contributed by atoms with E-state index >= 15 is 0 Å². The van der Waals surface area contributed by atoms with Crippen LogP contribution in [0.5, 0.6) is 5.75 Å². The molecule has 1 unspecified atom stereocenters. The summed E-state index contributed by atoms with van der Waals surface area (Å²) >= 11 is 0. The van der Waals surface area contributed by atoms with E-state index in [1.165, 1.54) is 7.11 Å². The lowest BCUT2D eigenvalue weighted by Crippen LogP contribution is -2.46. The fraction of sp³-hybridized carbons (Fsp3) is 0.515. The number of carbonyl (C=O) groups excluding carboxylic acids is 2. The minimum atomic E-state index is -2.84. The second kappa shape index (κ2) is 13.4. The molecule has 0 aliphatic carbocycles. The number of esters is 1. The Morgan fingerprint density at radius 3 is 2.56 bits per heavy atom. The van der Waals surface area contributed by atoms with E-state index in [1.807, 2.05) is 74.7 Å². The van der Waals surface area contributed by atoms with Gasteiger partial charge in [-0.05, 0) is 56.1 Å². The van der Waals surface area contributed by atoms with Gasteiger partial charge in [0, 0.05) is 42.7 Å². The summed E-state index contributed by atoms with van der Waals surface area (Å²) in [7, 11) is 0.119. The molecule has 45 heavy (non-hydrogen) atoms. The second-order valence-electron chi connectivity index (χ2n) is 12.6. The monoisotopic (exact) mass is 636 g/mol. The van der Waals surface area contributed by atoms with Crippen molar-refractivity contribution in [2.45, 2.75) is 75.4 Å². The SMILES string of the molecule is COC(=O)CCCCN1C(=O)[C@]2(O[C@H](CCn3cc(C(CO)c4ccccc4)nn3)[C@@H]([Si](C)(C)O)[C@@H]2C)c2cc(OC)ccc21. The number of aromatic nitrogens is 3. The molecule has 11 nitrogen and oxygen atoms in total. The number of hydrogen-bond acceptors (Lipinski definition) is 9. The van der Waals surface area contributed by atoms with E-state index in [-0.39, 0.29) is 42.3 Å². The number of aliphatic hydroxyl groups excluding tert-OH is 1. The molecule has 5 atom stereocenters. The highest BCUT2D eigenvalue weighted by molar-refractivity contribution is 6.71. The molecule has 1 fully saturated rings. The molecule has 2 N–H and O–H groups in total. The highest BCUT2D eigenvalue weighted by Crippen LogP contribution is 2.60. The molecule has 3 heterocycles. The largest absolute Gasteiger partial charge is 0.497 e. The highest BCUT2D eigenvalue weighted by Gasteiger charge is 2.66. The summed E-state index contributed by atoms with van der Waals surface area (Å²) in [6.45, 7) is 6.61. The maximum Gasteiger partial charge on any atom is 0.305 e. The van der Waals surface area contributed by atoms with Crippen molar-refractivity contribution >= 4 is 25.9 Å². The number of aryl methyl sites for hydroxylation is 1. The molecule has 1 spiro atoms. The van der Waals surface area contributed by atoms with Crippen LogP contribution in [0.1, 0.15) is 55.3 Å². The van der Waals surface area contributed by atoms with Crippen LogP contribution in [0.4, 0.5) is 5.69 Å². The quantitative estimate of drug-likeness (QED) is 0.162. The van der Waals surface area contributed by atoms with Gasteiger partial charge in [0.1, 0.15) is 5.75 Å². The Balaban J connectivity index is 1.41. The summed E-state index contributed by atoms with van der Waals surface area (Å²) in [6, 6.07) is 15.3. The number of ether oxygens (including phenoxy) is 3. The lowest BCUT2D eigenvalue weighted by molar-refractivity contribution is -0.146. The van der Waals surface area contributed by atoms with Crippen LogP contribution in [-0.4, -0.2) is 78.6 Å². The first-order valence-electron chi connectivity index (χ1n) is 15.6. The number of hydrogen-bond donors (Lipinski definition) is 2. The average molecular weight is 637 g/mol. The van der Waals surface area contributed by atoms with Gasteiger partial charge >= 0.3 is 5.97 Å². The molecule has 5 rings (SSSR count). The van der Waals surface area contributed by atoms with Gasteiger partial charge in [-0.25, -0.2) is 0 Å². The first-order chi connectivity index (χ1) is 21.5. The van der Waals surface area contributed by atoms with Crippen molar-refractivity contribution in [3.8, 4) is 5.75 Å². The Labute approximate surface area is 265 Å². The van der Waals surface area contributed by atoms with Gasteiger partial charge in [-0.1, -0.05) is 42.5 Å². The number of amides is 1. The van der Waals surface area contributed by atoms with Crippen LogP contribution in [0.3, 0.4) is 0 Å². The van der Waals surface area contributed by atoms with Gasteiger partial charge in [0.05, 0.1) is 44.2 Å².